The van der Waals surface area contributed by atoms with E-state index in [1.165, 1.54) is 0 Å². The third-order valence-corrected chi connectivity index (χ3v) is 1.40. The van der Waals surface area contributed by atoms with Crippen LogP contribution in [0.4, 0.5) is 22.0 Å². The van der Waals surface area contributed by atoms with E-state index in [4.69, 9.17) is 0 Å². The number of halogens is 5. The lowest BCUT2D eigenvalue weighted by Gasteiger charge is -2.08. The van der Waals surface area contributed by atoms with Gasteiger partial charge in [0.25, 0.3) is 0 Å². The van der Waals surface area contributed by atoms with Gasteiger partial charge in [-0.2, -0.15) is 26.9 Å². The second kappa shape index (κ2) is 3.32. The molecule has 7 heteroatoms. The highest BCUT2D eigenvalue weighted by atomic mass is 19.4. The molecule has 0 aliphatic heterocycles. The van der Waals surface area contributed by atoms with Crippen LogP contribution in [0.2, 0.25) is 0 Å². The molecule has 2 nitrogen and oxygen atoms in total. The number of pyridine rings is 1. The first kappa shape index (κ1) is 10.6. The molecule has 0 saturated carbocycles. The number of alkyl halides is 3. The van der Waals surface area contributed by atoms with E-state index in [1.54, 1.807) is 0 Å². The summed E-state index contributed by atoms with van der Waals surface area (Å²) in [6.45, 7) is 0. The Bertz CT molecular complexity index is 373. The van der Waals surface area contributed by atoms with Crippen molar-refractivity contribution in [2.75, 3.05) is 0 Å². The molecule has 0 aliphatic carbocycles. The van der Waals surface area contributed by atoms with Crippen LogP contribution in [0.25, 0.3) is 0 Å². The third kappa shape index (κ3) is 1.86. The van der Waals surface area contributed by atoms with E-state index in [9.17, 15) is 26.7 Å². The summed E-state index contributed by atoms with van der Waals surface area (Å²) < 4.78 is 61.1. The summed E-state index contributed by atoms with van der Waals surface area (Å²) in [4.78, 5) is 12.6. The maximum absolute atomic E-state index is 12.6. The van der Waals surface area contributed by atoms with Gasteiger partial charge in [-0.1, -0.05) is 0 Å². The van der Waals surface area contributed by atoms with Crippen LogP contribution in [0.1, 0.15) is 15.9 Å². The van der Waals surface area contributed by atoms with Crippen LogP contribution in [0.3, 0.4) is 0 Å². The number of hydrogen-bond donors (Lipinski definition) is 0. The summed E-state index contributed by atoms with van der Waals surface area (Å²) in [6.07, 6.45) is -5.34. The predicted molar refractivity (Wildman–Crippen MR) is 34.5 cm³/mol. The molecule has 0 saturated heterocycles. The summed E-state index contributed by atoms with van der Waals surface area (Å²) >= 11 is 0. The first-order chi connectivity index (χ1) is 6.36. The van der Waals surface area contributed by atoms with Crippen LogP contribution in [0, 0.1) is 11.9 Å². The first-order valence-electron chi connectivity index (χ1n) is 3.24. The molecule has 0 fully saturated rings. The molecule has 0 bridgehead atoms. The van der Waals surface area contributed by atoms with Gasteiger partial charge >= 0.3 is 6.18 Å². The van der Waals surface area contributed by atoms with Crippen molar-refractivity contribution in [1.82, 2.24) is 4.98 Å². The van der Waals surface area contributed by atoms with Crippen LogP contribution in [0.5, 0.6) is 0 Å². The fourth-order valence-electron chi connectivity index (χ4n) is 0.841. The van der Waals surface area contributed by atoms with Gasteiger partial charge in [-0.05, 0) is 0 Å². The first-order valence-corrected chi connectivity index (χ1v) is 3.24. The Labute approximate surface area is 74.4 Å². The van der Waals surface area contributed by atoms with Gasteiger partial charge < -0.3 is 0 Å². The van der Waals surface area contributed by atoms with Gasteiger partial charge in [0.2, 0.25) is 11.9 Å². The minimum absolute atomic E-state index is 0.0349. The molecule has 76 valence electrons. The van der Waals surface area contributed by atoms with Crippen LogP contribution in [-0.4, -0.2) is 11.3 Å². The van der Waals surface area contributed by atoms with E-state index in [1.807, 2.05) is 0 Å². The molecule has 0 spiro atoms. The van der Waals surface area contributed by atoms with E-state index in [0.717, 1.165) is 0 Å². The molecular formula is C7H2F5NO. The number of aldehydes is 1. The Hall–Kier alpha value is -1.53. The van der Waals surface area contributed by atoms with E-state index < -0.39 is 29.2 Å². The lowest BCUT2D eigenvalue weighted by molar-refractivity contribution is -0.138. The van der Waals surface area contributed by atoms with Crippen molar-refractivity contribution >= 4 is 6.29 Å². The lowest BCUT2D eigenvalue weighted by atomic mass is 10.1. The molecule has 14 heavy (non-hydrogen) atoms. The molecule has 0 radical (unpaired) electrons. The van der Waals surface area contributed by atoms with E-state index >= 15 is 0 Å². The molecule has 1 heterocycles. The average molecular weight is 211 g/mol. The standard InChI is InChI=1S/C7H2F5NO/c8-5-1-4(7(10,11)12)3(2-14)6(9)13-5/h1-2H. The molecule has 1 rings (SSSR count). The second-order valence-electron chi connectivity index (χ2n) is 2.31. The molecule has 0 atom stereocenters. The topological polar surface area (TPSA) is 30.0 Å². The van der Waals surface area contributed by atoms with E-state index in [2.05, 4.69) is 4.98 Å². The Balaban J connectivity index is 3.48. The Morgan fingerprint density at radius 1 is 1.29 bits per heavy atom. The monoisotopic (exact) mass is 211 g/mol. The smallest absolute Gasteiger partial charge is 0.298 e. The van der Waals surface area contributed by atoms with Crippen molar-refractivity contribution in [2.24, 2.45) is 0 Å². The summed E-state index contributed by atoms with van der Waals surface area (Å²) in [5.74, 6) is -3.40. The zero-order chi connectivity index (χ0) is 10.9. The predicted octanol–water partition coefficient (Wildman–Crippen LogP) is 2.19. The number of nitrogens with zero attached hydrogens (tertiary/aromatic N) is 1. The Morgan fingerprint density at radius 3 is 2.29 bits per heavy atom. The van der Waals surface area contributed by atoms with Gasteiger partial charge in [-0.15, -0.1) is 0 Å². The molecule has 0 unspecified atom stereocenters. The zero-order valence-corrected chi connectivity index (χ0v) is 6.40. The van der Waals surface area contributed by atoms with Crippen molar-refractivity contribution in [3.05, 3.63) is 29.1 Å². The SMILES string of the molecule is O=Cc1c(C(F)(F)F)cc(F)nc1F. The van der Waals surface area contributed by atoms with Crippen LogP contribution in [0.15, 0.2) is 6.07 Å². The summed E-state index contributed by atoms with van der Waals surface area (Å²) in [7, 11) is 0. The molecule has 0 aromatic carbocycles. The second-order valence-corrected chi connectivity index (χ2v) is 2.31. The Kier molecular flexibility index (Phi) is 2.50. The third-order valence-electron chi connectivity index (χ3n) is 1.40. The van der Waals surface area contributed by atoms with Gasteiger partial charge in [-0.3, -0.25) is 4.79 Å². The average Bonchev–Trinajstić information content (AvgIpc) is 2.01. The maximum Gasteiger partial charge on any atom is 0.417 e. The van der Waals surface area contributed by atoms with Crippen molar-refractivity contribution in [2.45, 2.75) is 6.18 Å². The summed E-state index contributed by atoms with van der Waals surface area (Å²) in [5, 5.41) is 0. The molecular weight excluding hydrogens is 209 g/mol. The van der Waals surface area contributed by atoms with Gasteiger partial charge in [0.05, 0.1) is 11.1 Å². The highest BCUT2D eigenvalue weighted by Gasteiger charge is 2.35. The van der Waals surface area contributed by atoms with E-state index in [0.29, 0.717) is 0 Å². The highest BCUT2D eigenvalue weighted by Crippen LogP contribution is 2.32. The summed E-state index contributed by atoms with van der Waals surface area (Å²) in [6, 6.07) is -0.0349. The van der Waals surface area contributed by atoms with Crippen molar-refractivity contribution in [3.8, 4) is 0 Å². The molecule has 1 aromatic rings. The van der Waals surface area contributed by atoms with Crippen molar-refractivity contribution in [3.63, 3.8) is 0 Å². The largest absolute Gasteiger partial charge is 0.417 e. The highest BCUT2D eigenvalue weighted by molar-refractivity contribution is 5.77. The van der Waals surface area contributed by atoms with Crippen molar-refractivity contribution < 1.29 is 26.7 Å². The van der Waals surface area contributed by atoms with Gasteiger partial charge in [0.15, 0.2) is 6.29 Å². The molecule has 1 aromatic heterocycles. The number of carbonyl (C=O) groups is 1. The summed E-state index contributed by atoms with van der Waals surface area (Å²) in [5.41, 5.74) is -2.96. The van der Waals surface area contributed by atoms with Gasteiger partial charge in [-0.25, -0.2) is 0 Å². The number of carbonyl (C=O) groups excluding carboxylic acids is 1. The van der Waals surface area contributed by atoms with Crippen LogP contribution >= 0.6 is 0 Å². The molecule has 0 amide bonds. The quantitative estimate of drug-likeness (QED) is 0.405. The fraction of sp³-hybridized carbons (Fsp3) is 0.143. The minimum Gasteiger partial charge on any atom is -0.298 e. The van der Waals surface area contributed by atoms with Gasteiger partial charge in [0, 0.05) is 6.07 Å². The van der Waals surface area contributed by atoms with E-state index in [-0.39, 0.29) is 12.4 Å². The Morgan fingerprint density at radius 2 is 1.86 bits per heavy atom. The number of hydrogen-bond acceptors (Lipinski definition) is 2. The lowest BCUT2D eigenvalue weighted by Crippen LogP contribution is -2.12. The normalized spacial score (nSPS) is 11.5. The van der Waals surface area contributed by atoms with Crippen molar-refractivity contribution in [1.29, 1.82) is 0 Å². The number of aromatic nitrogens is 1. The minimum atomic E-state index is -4.99. The maximum atomic E-state index is 12.6. The van der Waals surface area contributed by atoms with Crippen LogP contribution in [-0.2, 0) is 6.18 Å². The van der Waals surface area contributed by atoms with Gasteiger partial charge in [0.1, 0.15) is 0 Å². The molecule has 0 N–H and O–H groups in total. The fourth-order valence-corrected chi connectivity index (χ4v) is 0.841. The number of rotatable bonds is 1. The van der Waals surface area contributed by atoms with Crippen LogP contribution < -0.4 is 0 Å². The zero-order valence-electron chi connectivity index (χ0n) is 6.40. The molecule has 0 aliphatic rings.